The molecule has 0 bridgehead atoms. The zero-order chi connectivity index (χ0) is 16.1. The fourth-order valence-corrected chi connectivity index (χ4v) is 2.56. The van der Waals surface area contributed by atoms with Gasteiger partial charge < -0.3 is 14.5 Å². The lowest BCUT2D eigenvalue weighted by Gasteiger charge is -2.13. The highest BCUT2D eigenvalue weighted by molar-refractivity contribution is 5.86. The van der Waals surface area contributed by atoms with Crippen molar-refractivity contribution in [2.24, 2.45) is 0 Å². The van der Waals surface area contributed by atoms with E-state index in [2.05, 4.69) is 55.2 Å². The maximum absolute atomic E-state index is 5.88. The van der Waals surface area contributed by atoms with Gasteiger partial charge in [-0.05, 0) is 43.2 Å². The lowest BCUT2D eigenvalue weighted by molar-refractivity contribution is 0.268. The Morgan fingerprint density at radius 2 is 1.57 bits per heavy atom. The quantitative estimate of drug-likeness (QED) is 0.633. The molecule has 0 aliphatic heterocycles. The molecule has 120 valence electrons. The topological polar surface area (TPSA) is 34.2 Å². The van der Waals surface area contributed by atoms with E-state index in [-0.39, 0.29) is 0 Å². The summed E-state index contributed by atoms with van der Waals surface area (Å²) in [5, 5.41) is 1.21. The van der Waals surface area contributed by atoms with Gasteiger partial charge in [0.05, 0.1) is 13.2 Å². The van der Waals surface area contributed by atoms with Gasteiger partial charge in [0.2, 0.25) is 0 Å². The highest BCUT2D eigenvalue weighted by Crippen LogP contribution is 2.33. The largest absolute Gasteiger partial charge is 0.490 e. The van der Waals surface area contributed by atoms with E-state index < -0.39 is 0 Å². The van der Waals surface area contributed by atoms with E-state index in [1.54, 1.807) is 0 Å². The van der Waals surface area contributed by atoms with E-state index in [0.717, 1.165) is 41.1 Å². The zero-order valence-electron chi connectivity index (χ0n) is 13.8. The second-order valence-corrected chi connectivity index (χ2v) is 5.63. The highest BCUT2D eigenvalue weighted by Gasteiger charge is 2.10. The molecule has 0 spiro atoms. The molecule has 3 rings (SSSR count). The Morgan fingerprint density at radius 1 is 0.826 bits per heavy atom. The molecular weight excluding hydrogens is 286 g/mol. The molecule has 3 heteroatoms. The van der Waals surface area contributed by atoms with Crippen molar-refractivity contribution in [1.29, 1.82) is 0 Å². The molecular formula is C20H23NO2. The Kier molecular flexibility index (Phi) is 4.86. The molecule has 1 heterocycles. The van der Waals surface area contributed by atoms with Crippen LogP contribution in [0.5, 0.6) is 11.5 Å². The predicted octanol–water partition coefficient (Wildman–Crippen LogP) is 5.41. The lowest BCUT2D eigenvalue weighted by Crippen LogP contribution is -2.01. The fourth-order valence-electron chi connectivity index (χ4n) is 2.56. The summed E-state index contributed by atoms with van der Waals surface area (Å²) in [5.41, 5.74) is 3.34. The smallest absolute Gasteiger partial charge is 0.161 e. The first kappa shape index (κ1) is 15.5. The molecule has 0 aliphatic carbocycles. The third kappa shape index (κ3) is 3.50. The Bertz CT molecular complexity index is 743. The van der Waals surface area contributed by atoms with E-state index in [1.165, 1.54) is 5.39 Å². The van der Waals surface area contributed by atoms with E-state index in [0.29, 0.717) is 13.2 Å². The SMILES string of the molecule is CCCOc1ccc(-c2cc3ccccc3[nH]2)cc1OCCC. The predicted molar refractivity (Wildman–Crippen MR) is 95.3 cm³/mol. The van der Waals surface area contributed by atoms with Gasteiger partial charge in [-0.25, -0.2) is 0 Å². The Labute approximate surface area is 137 Å². The monoisotopic (exact) mass is 309 g/mol. The third-order valence-corrected chi connectivity index (χ3v) is 3.71. The van der Waals surface area contributed by atoms with Gasteiger partial charge in [-0.15, -0.1) is 0 Å². The summed E-state index contributed by atoms with van der Waals surface area (Å²) in [5.74, 6) is 1.64. The second-order valence-electron chi connectivity index (χ2n) is 5.63. The van der Waals surface area contributed by atoms with E-state index in [9.17, 15) is 0 Å². The van der Waals surface area contributed by atoms with Crippen LogP contribution in [-0.4, -0.2) is 18.2 Å². The van der Waals surface area contributed by atoms with Crippen LogP contribution in [0, 0.1) is 0 Å². The molecule has 0 atom stereocenters. The maximum Gasteiger partial charge on any atom is 0.161 e. The molecule has 3 nitrogen and oxygen atoms in total. The molecule has 0 amide bonds. The standard InChI is InChI=1S/C20H23NO2/c1-3-11-22-19-10-9-16(14-20(19)23-12-4-2)18-13-15-7-5-6-8-17(15)21-18/h5-10,13-14,21H,3-4,11-12H2,1-2H3. The van der Waals surface area contributed by atoms with Crippen LogP contribution < -0.4 is 9.47 Å². The molecule has 0 fully saturated rings. The van der Waals surface area contributed by atoms with Crippen LogP contribution in [0.3, 0.4) is 0 Å². The first-order valence-electron chi connectivity index (χ1n) is 8.29. The molecule has 0 radical (unpaired) electrons. The fraction of sp³-hybridized carbons (Fsp3) is 0.300. The summed E-state index contributed by atoms with van der Waals surface area (Å²) < 4.78 is 11.7. The van der Waals surface area contributed by atoms with Crippen LogP contribution >= 0.6 is 0 Å². The Morgan fingerprint density at radius 3 is 2.30 bits per heavy atom. The van der Waals surface area contributed by atoms with Gasteiger partial charge in [0.15, 0.2) is 11.5 Å². The van der Waals surface area contributed by atoms with Crippen LogP contribution in [0.25, 0.3) is 22.2 Å². The molecule has 3 aromatic rings. The average molecular weight is 309 g/mol. The molecule has 0 unspecified atom stereocenters. The van der Waals surface area contributed by atoms with E-state index >= 15 is 0 Å². The summed E-state index contributed by atoms with van der Waals surface area (Å²) in [4.78, 5) is 3.46. The first-order chi connectivity index (χ1) is 11.3. The van der Waals surface area contributed by atoms with Gasteiger partial charge in [0.1, 0.15) is 0 Å². The minimum Gasteiger partial charge on any atom is -0.490 e. The first-order valence-corrected chi connectivity index (χ1v) is 8.29. The number of para-hydroxylation sites is 1. The second kappa shape index (κ2) is 7.23. The average Bonchev–Trinajstić information content (AvgIpc) is 3.02. The number of benzene rings is 2. The molecule has 2 aromatic carbocycles. The highest BCUT2D eigenvalue weighted by atomic mass is 16.5. The molecule has 0 aliphatic rings. The van der Waals surface area contributed by atoms with Gasteiger partial charge in [-0.2, -0.15) is 0 Å². The minimum absolute atomic E-state index is 0.693. The normalized spacial score (nSPS) is 10.9. The summed E-state index contributed by atoms with van der Waals surface area (Å²) >= 11 is 0. The van der Waals surface area contributed by atoms with Crippen molar-refractivity contribution < 1.29 is 9.47 Å². The number of fused-ring (bicyclic) bond motifs is 1. The molecule has 1 aromatic heterocycles. The molecule has 23 heavy (non-hydrogen) atoms. The summed E-state index contributed by atoms with van der Waals surface area (Å²) in [7, 11) is 0. The molecule has 1 N–H and O–H groups in total. The summed E-state index contributed by atoms with van der Waals surface area (Å²) in [6.07, 6.45) is 1.96. The van der Waals surface area contributed by atoms with Crippen molar-refractivity contribution >= 4 is 10.9 Å². The van der Waals surface area contributed by atoms with Gasteiger partial charge in [-0.3, -0.25) is 0 Å². The van der Waals surface area contributed by atoms with Crippen LogP contribution in [-0.2, 0) is 0 Å². The Hall–Kier alpha value is -2.42. The van der Waals surface area contributed by atoms with Crippen molar-refractivity contribution in [2.75, 3.05) is 13.2 Å². The number of hydrogen-bond donors (Lipinski definition) is 1. The lowest BCUT2D eigenvalue weighted by atomic mass is 10.1. The third-order valence-electron chi connectivity index (χ3n) is 3.71. The van der Waals surface area contributed by atoms with Gasteiger partial charge in [0.25, 0.3) is 0 Å². The van der Waals surface area contributed by atoms with Crippen molar-refractivity contribution in [3.63, 3.8) is 0 Å². The maximum atomic E-state index is 5.88. The number of rotatable bonds is 7. The molecule has 0 saturated heterocycles. The summed E-state index contributed by atoms with van der Waals surface area (Å²) in [6.45, 7) is 5.60. The number of H-pyrrole nitrogens is 1. The Balaban J connectivity index is 1.95. The van der Waals surface area contributed by atoms with Crippen LogP contribution in [0.15, 0.2) is 48.5 Å². The van der Waals surface area contributed by atoms with Gasteiger partial charge in [-0.1, -0.05) is 32.0 Å². The zero-order valence-corrected chi connectivity index (χ0v) is 13.8. The van der Waals surface area contributed by atoms with Gasteiger partial charge >= 0.3 is 0 Å². The summed E-state index contributed by atoms with van der Waals surface area (Å²) in [6, 6.07) is 16.6. The van der Waals surface area contributed by atoms with Crippen molar-refractivity contribution in [3.05, 3.63) is 48.5 Å². The van der Waals surface area contributed by atoms with Crippen LogP contribution in [0.2, 0.25) is 0 Å². The van der Waals surface area contributed by atoms with Crippen molar-refractivity contribution in [3.8, 4) is 22.8 Å². The van der Waals surface area contributed by atoms with Crippen LogP contribution in [0.4, 0.5) is 0 Å². The number of nitrogens with one attached hydrogen (secondary N) is 1. The minimum atomic E-state index is 0.693. The van der Waals surface area contributed by atoms with Crippen molar-refractivity contribution in [2.45, 2.75) is 26.7 Å². The van der Waals surface area contributed by atoms with Crippen LogP contribution in [0.1, 0.15) is 26.7 Å². The van der Waals surface area contributed by atoms with E-state index in [4.69, 9.17) is 9.47 Å². The van der Waals surface area contributed by atoms with E-state index in [1.807, 2.05) is 12.1 Å². The molecule has 0 saturated carbocycles. The number of hydrogen-bond acceptors (Lipinski definition) is 2. The number of aromatic nitrogens is 1. The number of ether oxygens (including phenoxy) is 2. The number of aromatic amines is 1. The van der Waals surface area contributed by atoms with Crippen molar-refractivity contribution in [1.82, 2.24) is 4.98 Å². The van der Waals surface area contributed by atoms with Gasteiger partial charge in [0, 0.05) is 22.2 Å².